The highest BCUT2D eigenvalue weighted by molar-refractivity contribution is 7.71. The van der Waals surface area contributed by atoms with Gasteiger partial charge in [0.05, 0.1) is 6.04 Å². The molecule has 0 aromatic carbocycles. The minimum Gasteiger partial charge on any atom is -0.292 e. The number of fused-ring (bicyclic) bond motifs is 1. The summed E-state index contributed by atoms with van der Waals surface area (Å²) < 4.78 is 2.85. The van der Waals surface area contributed by atoms with Crippen molar-refractivity contribution in [3.05, 3.63) is 51.2 Å². The number of hydrogen-bond donors (Lipinski definition) is 1. The van der Waals surface area contributed by atoms with E-state index in [9.17, 15) is 0 Å². The monoisotopic (exact) mass is 314 g/mol. The maximum absolute atomic E-state index is 5.49. The van der Waals surface area contributed by atoms with Crippen LogP contribution in [0.1, 0.15) is 29.3 Å². The van der Waals surface area contributed by atoms with Crippen LogP contribution in [0.15, 0.2) is 36.0 Å². The van der Waals surface area contributed by atoms with Crippen LogP contribution in [0.3, 0.4) is 0 Å². The first-order chi connectivity index (χ1) is 10.3. The summed E-state index contributed by atoms with van der Waals surface area (Å²) in [6.07, 6.45) is 7.05. The van der Waals surface area contributed by atoms with E-state index in [0.717, 1.165) is 17.8 Å². The molecule has 1 N–H and O–H groups in total. The van der Waals surface area contributed by atoms with Crippen LogP contribution in [0.25, 0.3) is 11.4 Å². The van der Waals surface area contributed by atoms with Crippen molar-refractivity contribution in [2.75, 3.05) is 0 Å². The Balaban J connectivity index is 1.88. The number of nitrogens with one attached hydrogen (secondary N) is 1. The van der Waals surface area contributed by atoms with Crippen molar-refractivity contribution in [1.82, 2.24) is 19.7 Å². The van der Waals surface area contributed by atoms with Gasteiger partial charge >= 0.3 is 0 Å². The van der Waals surface area contributed by atoms with E-state index in [1.807, 2.05) is 23.5 Å². The molecule has 0 bridgehead atoms. The number of aryl methyl sites for hydroxylation is 1. The average molecular weight is 314 g/mol. The third-order valence-corrected chi connectivity index (χ3v) is 5.26. The molecule has 0 saturated carbocycles. The van der Waals surface area contributed by atoms with Gasteiger partial charge < -0.3 is 0 Å². The van der Waals surface area contributed by atoms with Crippen LogP contribution in [-0.2, 0) is 6.42 Å². The maximum Gasteiger partial charge on any atom is 0.196 e. The van der Waals surface area contributed by atoms with E-state index in [2.05, 4.69) is 31.2 Å². The molecule has 106 valence electrons. The van der Waals surface area contributed by atoms with Crippen LogP contribution in [0.2, 0.25) is 0 Å². The number of pyridine rings is 1. The molecule has 1 atom stereocenters. The number of rotatable bonds is 2. The number of aromatic amines is 1. The molecule has 0 aliphatic heterocycles. The summed E-state index contributed by atoms with van der Waals surface area (Å²) in [5.74, 6) is 0.895. The van der Waals surface area contributed by atoms with Gasteiger partial charge in [0.2, 0.25) is 0 Å². The number of H-pyrrole nitrogens is 1. The van der Waals surface area contributed by atoms with Gasteiger partial charge in [-0.05, 0) is 60.6 Å². The third-order valence-electron chi connectivity index (χ3n) is 3.97. The summed E-state index contributed by atoms with van der Waals surface area (Å²) in [6, 6.07) is 6.46. The van der Waals surface area contributed by atoms with Gasteiger partial charge in [0.25, 0.3) is 0 Å². The molecule has 0 amide bonds. The second-order valence-electron chi connectivity index (χ2n) is 5.17. The molecule has 0 spiro atoms. The molecule has 3 aromatic heterocycles. The molecule has 3 aromatic rings. The maximum atomic E-state index is 5.49. The highest BCUT2D eigenvalue weighted by Crippen LogP contribution is 2.37. The Morgan fingerprint density at radius 1 is 1.29 bits per heavy atom. The molecule has 1 aliphatic rings. The fraction of sp³-hybridized carbons (Fsp3) is 0.267. The topological polar surface area (TPSA) is 46.5 Å². The van der Waals surface area contributed by atoms with Crippen molar-refractivity contribution in [3.63, 3.8) is 0 Å². The van der Waals surface area contributed by atoms with E-state index in [1.54, 1.807) is 12.4 Å². The summed E-state index contributed by atoms with van der Waals surface area (Å²) in [4.78, 5) is 5.56. The zero-order valence-corrected chi connectivity index (χ0v) is 13.0. The lowest BCUT2D eigenvalue weighted by Crippen LogP contribution is -2.16. The fourth-order valence-corrected chi connectivity index (χ4v) is 4.27. The van der Waals surface area contributed by atoms with Gasteiger partial charge in [-0.15, -0.1) is 11.3 Å². The van der Waals surface area contributed by atoms with Crippen molar-refractivity contribution in [2.45, 2.75) is 25.3 Å². The minimum atomic E-state index is 0.286. The Hall–Kier alpha value is -1.79. The number of thiophene rings is 1. The fourth-order valence-electron chi connectivity index (χ4n) is 3.03. The highest BCUT2D eigenvalue weighted by Gasteiger charge is 2.26. The SMILES string of the molecule is S=c1[nH]nc(-c2ccncc2)n1C1CCCc2sccc21. The lowest BCUT2D eigenvalue weighted by Gasteiger charge is -2.25. The second kappa shape index (κ2) is 5.20. The first-order valence-electron chi connectivity index (χ1n) is 6.98. The largest absolute Gasteiger partial charge is 0.292 e. The van der Waals surface area contributed by atoms with Gasteiger partial charge in [-0.1, -0.05) is 0 Å². The van der Waals surface area contributed by atoms with Crippen molar-refractivity contribution in [1.29, 1.82) is 0 Å². The van der Waals surface area contributed by atoms with Crippen LogP contribution in [0, 0.1) is 4.77 Å². The molecule has 1 aliphatic carbocycles. The first-order valence-corrected chi connectivity index (χ1v) is 8.27. The first kappa shape index (κ1) is 12.9. The van der Waals surface area contributed by atoms with Crippen molar-refractivity contribution < 1.29 is 0 Å². The molecule has 1 unspecified atom stereocenters. The van der Waals surface area contributed by atoms with E-state index in [1.165, 1.54) is 23.3 Å². The normalized spacial score (nSPS) is 17.6. The average Bonchev–Trinajstić information content (AvgIpc) is 3.14. The van der Waals surface area contributed by atoms with Gasteiger partial charge in [0.1, 0.15) is 0 Å². The van der Waals surface area contributed by atoms with Crippen LogP contribution in [0.5, 0.6) is 0 Å². The molecule has 3 heterocycles. The van der Waals surface area contributed by atoms with Crippen LogP contribution in [-0.4, -0.2) is 19.7 Å². The van der Waals surface area contributed by atoms with E-state index < -0.39 is 0 Å². The molecule has 4 nitrogen and oxygen atoms in total. The number of aromatic nitrogens is 4. The number of hydrogen-bond acceptors (Lipinski definition) is 4. The Labute approximate surface area is 131 Å². The Kier molecular flexibility index (Phi) is 3.20. The van der Waals surface area contributed by atoms with Crippen LogP contribution in [0.4, 0.5) is 0 Å². The van der Waals surface area contributed by atoms with Gasteiger partial charge in [-0.2, -0.15) is 5.10 Å². The lowest BCUT2D eigenvalue weighted by molar-refractivity contribution is 0.493. The second-order valence-corrected chi connectivity index (χ2v) is 6.55. The van der Waals surface area contributed by atoms with E-state index >= 15 is 0 Å². The Morgan fingerprint density at radius 2 is 2.14 bits per heavy atom. The Bertz CT molecular complexity index is 816. The van der Waals surface area contributed by atoms with Crippen molar-refractivity contribution in [2.24, 2.45) is 0 Å². The van der Waals surface area contributed by atoms with E-state index in [4.69, 9.17) is 12.2 Å². The summed E-state index contributed by atoms with van der Waals surface area (Å²) in [6.45, 7) is 0. The molecule has 0 fully saturated rings. The van der Waals surface area contributed by atoms with Crippen LogP contribution < -0.4 is 0 Å². The smallest absolute Gasteiger partial charge is 0.196 e. The molecule has 6 heteroatoms. The van der Waals surface area contributed by atoms with Crippen LogP contribution >= 0.6 is 23.6 Å². The summed E-state index contributed by atoms with van der Waals surface area (Å²) in [5.41, 5.74) is 2.44. The molecule has 4 rings (SSSR count). The standard InChI is InChI=1S/C15H14N4S2/c20-15-18-17-14(10-4-7-16-8-5-10)19(15)12-2-1-3-13-11(12)6-9-21-13/h4-9,12H,1-3H2,(H,18,20). The summed E-state index contributed by atoms with van der Waals surface area (Å²) in [7, 11) is 0. The zero-order chi connectivity index (χ0) is 14.2. The van der Waals surface area contributed by atoms with Gasteiger partial charge in [0.15, 0.2) is 10.6 Å². The van der Waals surface area contributed by atoms with Gasteiger partial charge in [-0.3, -0.25) is 14.6 Å². The quantitative estimate of drug-likeness (QED) is 0.728. The zero-order valence-electron chi connectivity index (χ0n) is 11.3. The molecular formula is C15H14N4S2. The van der Waals surface area contributed by atoms with Crippen molar-refractivity contribution >= 4 is 23.6 Å². The third kappa shape index (κ3) is 2.15. The summed E-state index contributed by atoms with van der Waals surface area (Å²) >= 11 is 7.34. The van der Waals surface area contributed by atoms with Crippen molar-refractivity contribution in [3.8, 4) is 11.4 Å². The predicted octanol–water partition coefficient (Wildman–Crippen LogP) is 3.99. The minimum absolute atomic E-state index is 0.286. The molecule has 21 heavy (non-hydrogen) atoms. The molecule has 0 saturated heterocycles. The lowest BCUT2D eigenvalue weighted by atomic mass is 9.93. The van der Waals surface area contributed by atoms with E-state index in [0.29, 0.717) is 4.77 Å². The Morgan fingerprint density at radius 3 is 3.00 bits per heavy atom. The van der Waals surface area contributed by atoms with Gasteiger partial charge in [-0.25, -0.2) is 0 Å². The highest BCUT2D eigenvalue weighted by atomic mass is 32.1. The van der Waals surface area contributed by atoms with E-state index in [-0.39, 0.29) is 6.04 Å². The predicted molar refractivity (Wildman–Crippen MR) is 86.0 cm³/mol. The molecular weight excluding hydrogens is 300 g/mol. The number of nitrogens with zero attached hydrogens (tertiary/aromatic N) is 3. The van der Waals surface area contributed by atoms with Gasteiger partial charge in [0, 0.05) is 22.8 Å². The summed E-state index contributed by atoms with van der Waals surface area (Å²) in [5, 5.41) is 9.57. The molecule has 0 radical (unpaired) electrons.